The van der Waals surface area contributed by atoms with Gasteiger partial charge in [0.05, 0.1) is 32.1 Å². The summed E-state index contributed by atoms with van der Waals surface area (Å²) in [5, 5.41) is 4.94. The van der Waals surface area contributed by atoms with Crippen LogP contribution in [0.5, 0.6) is 0 Å². The van der Waals surface area contributed by atoms with E-state index in [4.69, 9.17) is 9.47 Å². The molecule has 2 atom stereocenters. The Hall–Kier alpha value is -2.36. The average molecular weight is 423 g/mol. The molecule has 2 aromatic heterocycles. The molecule has 0 saturated heterocycles. The molecule has 0 bridgehead atoms. The van der Waals surface area contributed by atoms with E-state index in [1.807, 2.05) is 29.8 Å². The molecule has 2 rings (SSSR count). The Morgan fingerprint density at radius 3 is 2.43 bits per heavy atom. The van der Waals surface area contributed by atoms with Crippen molar-refractivity contribution in [2.24, 2.45) is 5.92 Å². The highest BCUT2D eigenvalue weighted by Crippen LogP contribution is 2.26. The van der Waals surface area contributed by atoms with Crippen molar-refractivity contribution in [3.63, 3.8) is 0 Å². The summed E-state index contributed by atoms with van der Waals surface area (Å²) in [6.45, 7) is 3.38. The number of methoxy groups -OCH3 is 3. The normalized spacial score (nSPS) is 14.1. The Balaban J connectivity index is 2.14. The highest BCUT2D eigenvalue weighted by atomic mass is 32.1. The van der Waals surface area contributed by atoms with E-state index in [1.54, 1.807) is 7.11 Å². The molecule has 0 amide bonds. The van der Waals surface area contributed by atoms with Gasteiger partial charge in [0, 0.05) is 30.7 Å². The molecular formula is C19H22N2O5S2. The van der Waals surface area contributed by atoms with Crippen LogP contribution in [0.15, 0.2) is 28.7 Å². The van der Waals surface area contributed by atoms with E-state index in [-0.39, 0.29) is 17.8 Å². The highest BCUT2D eigenvalue weighted by Gasteiger charge is 2.20. The Morgan fingerprint density at radius 1 is 1.11 bits per heavy atom. The van der Waals surface area contributed by atoms with Gasteiger partial charge >= 0.3 is 5.97 Å². The van der Waals surface area contributed by atoms with Gasteiger partial charge in [-0.05, 0) is 6.08 Å². The zero-order chi connectivity index (χ0) is 20.7. The summed E-state index contributed by atoms with van der Waals surface area (Å²) in [7, 11) is 4.39. The Kier molecular flexibility index (Phi) is 8.04. The molecule has 0 fully saturated rings. The molecule has 0 aromatic carbocycles. The number of ketones is 1. The molecule has 2 heterocycles. The minimum atomic E-state index is -0.486. The molecule has 0 N–H and O–H groups in total. The average Bonchev–Trinajstić information content (AvgIpc) is 3.35. The second-order valence-electron chi connectivity index (χ2n) is 5.79. The molecular weight excluding hydrogens is 400 g/mol. The van der Waals surface area contributed by atoms with Crippen LogP contribution in [0.4, 0.5) is 0 Å². The molecule has 0 spiro atoms. The zero-order valence-electron chi connectivity index (χ0n) is 16.3. The van der Waals surface area contributed by atoms with Crippen molar-refractivity contribution < 1.29 is 23.8 Å². The predicted molar refractivity (Wildman–Crippen MR) is 109 cm³/mol. The van der Waals surface area contributed by atoms with Crippen LogP contribution < -0.4 is 0 Å². The number of hydrogen-bond acceptors (Lipinski definition) is 9. The highest BCUT2D eigenvalue weighted by molar-refractivity contribution is 7.14. The fourth-order valence-corrected chi connectivity index (χ4v) is 3.90. The van der Waals surface area contributed by atoms with Gasteiger partial charge in [-0.1, -0.05) is 13.0 Å². The van der Waals surface area contributed by atoms with Crippen LogP contribution in [0.2, 0.25) is 0 Å². The monoisotopic (exact) mass is 422 g/mol. The number of esters is 1. The van der Waals surface area contributed by atoms with Crippen molar-refractivity contribution >= 4 is 40.5 Å². The van der Waals surface area contributed by atoms with E-state index in [0.717, 1.165) is 10.7 Å². The first-order chi connectivity index (χ1) is 13.4. The maximum atomic E-state index is 11.5. The molecule has 0 aliphatic rings. The van der Waals surface area contributed by atoms with E-state index in [1.165, 1.54) is 49.9 Å². The summed E-state index contributed by atoms with van der Waals surface area (Å²) >= 11 is 2.76. The van der Waals surface area contributed by atoms with E-state index in [9.17, 15) is 9.59 Å². The van der Waals surface area contributed by atoms with Crippen LogP contribution in [0.1, 0.15) is 29.3 Å². The Bertz CT molecular complexity index is 885. The molecule has 7 nitrogen and oxygen atoms in total. The number of hydrogen-bond donors (Lipinski definition) is 0. The van der Waals surface area contributed by atoms with Gasteiger partial charge in [-0.3, -0.25) is 4.79 Å². The van der Waals surface area contributed by atoms with Crippen molar-refractivity contribution in [2.75, 3.05) is 21.3 Å². The predicted octanol–water partition coefficient (Wildman–Crippen LogP) is 3.84. The maximum Gasteiger partial charge on any atom is 0.333 e. The number of rotatable bonds is 9. The van der Waals surface area contributed by atoms with E-state index < -0.39 is 5.97 Å². The lowest BCUT2D eigenvalue weighted by atomic mass is 10.0. The third kappa shape index (κ3) is 5.57. The van der Waals surface area contributed by atoms with Gasteiger partial charge in [0.25, 0.3) is 0 Å². The summed E-state index contributed by atoms with van der Waals surface area (Å²) in [5.74, 6) is -0.291. The minimum Gasteiger partial charge on any atom is -0.500 e. The standard InChI is InChI=1S/C19H22N2O5S2/c1-11(16(25-4)8-17(23)26-5)15(24-3)7-6-13-9-27-19(20-13)14-10-28-18(21-14)12(2)22/h6-11,15H,1-5H3/b7-6+,16-8-. The third-order valence-electron chi connectivity index (χ3n) is 3.91. The summed E-state index contributed by atoms with van der Waals surface area (Å²) < 4.78 is 15.5. The lowest BCUT2D eigenvalue weighted by molar-refractivity contribution is -0.135. The smallest absolute Gasteiger partial charge is 0.333 e. The van der Waals surface area contributed by atoms with Gasteiger partial charge in [0.15, 0.2) is 10.8 Å². The number of carbonyl (C=O) groups is 2. The number of ether oxygens (including phenoxy) is 3. The summed E-state index contributed by atoms with van der Waals surface area (Å²) in [6.07, 6.45) is 4.68. The second kappa shape index (κ2) is 10.3. The van der Waals surface area contributed by atoms with Gasteiger partial charge in [0.1, 0.15) is 16.5 Å². The molecule has 2 aromatic rings. The van der Waals surface area contributed by atoms with Crippen molar-refractivity contribution in [3.05, 3.63) is 39.4 Å². The van der Waals surface area contributed by atoms with Gasteiger partial charge in [-0.2, -0.15) is 0 Å². The van der Waals surface area contributed by atoms with E-state index >= 15 is 0 Å². The molecule has 0 aliphatic heterocycles. The number of Topliss-reactive ketones (excluding diaryl/α,β-unsaturated/α-hetero) is 1. The number of carbonyl (C=O) groups excluding carboxylic acids is 2. The lowest BCUT2D eigenvalue weighted by Crippen LogP contribution is -2.21. The van der Waals surface area contributed by atoms with Crippen LogP contribution in [0.25, 0.3) is 16.8 Å². The molecule has 9 heteroatoms. The largest absolute Gasteiger partial charge is 0.500 e. The van der Waals surface area contributed by atoms with E-state index in [2.05, 4.69) is 14.7 Å². The van der Waals surface area contributed by atoms with Crippen molar-refractivity contribution in [1.29, 1.82) is 0 Å². The van der Waals surface area contributed by atoms with Crippen LogP contribution in [-0.4, -0.2) is 49.2 Å². The Morgan fingerprint density at radius 2 is 1.86 bits per heavy atom. The molecule has 0 radical (unpaired) electrons. The van der Waals surface area contributed by atoms with Gasteiger partial charge in [0.2, 0.25) is 0 Å². The van der Waals surface area contributed by atoms with Crippen molar-refractivity contribution in [1.82, 2.24) is 9.97 Å². The molecule has 0 saturated carbocycles. The van der Waals surface area contributed by atoms with Crippen molar-refractivity contribution in [3.8, 4) is 10.7 Å². The summed E-state index contributed by atoms with van der Waals surface area (Å²) in [6, 6.07) is 0. The number of aromatic nitrogens is 2. The van der Waals surface area contributed by atoms with Gasteiger partial charge in [-0.15, -0.1) is 22.7 Å². The molecule has 0 aliphatic carbocycles. The first-order valence-corrected chi connectivity index (χ1v) is 10.1. The lowest BCUT2D eigenvalue weighted by Gasteiger charge is -2.21. The first kappa shape index (κ1) is 21.9. The van der Waals surface area contributed by atoms with Crippen molar-refractivity contribution in [2.45, 2.75) is 20.0 Å². The van der Waals surface area contributed by atoms with Crippen LogP contribution >= 0.6 is 22.7 Å². The number of nitrogens with zero attached hydrogens (tertiary/aromatic N) is 2. The van der Waals surface area contributed by atoms with Gasteiger partial charge < -0.3 is 14.2 Å². The molecule has 150 valence electrons. The van der Waals surface area contributed by atoms with Crippen LogP contribution in [-0.2, 0) is 19.0 Å². The Labute approximate surface area is 171 Å². The summed E-state index contributed by atoms with van der Waals surface area (Å²) in [5.41, 5.74) is 1.45. The number of thiazole rings is 2. The van der Waals surface area contributed by atoms with Gasteiger partial charge in [-0.25, -0.2) is 14.8 Å². The fraction of sp³-hybridized carbons (Fsp3) is 0.368. The zero-order valence-corrected chi connectivity index (χ0v) is 17.9. The quantitative estimate of drug-likeness (QED) is 0.263. The third-order valence-corrected chi connectivity index (χ3v) is 5.74. The topological polar surface area (TPSA) is 87.6 Å². The van der Waals surface area contributed by atoms with Crippen LogP contribution in [0.3, 0.4) is 0 Å². The minimum absolute atomic E-state index is 0.0567. The first-order valence-electron chi connectivity index (χ1n) is 8.36. The van der Waals surface area contributed by atoms with E-state index in [0.29, 0.717) is 16.5 Å². The fourth-order valence-electron chi connectivity index (χ4n) is 2.37. The molecule has 28 heavy (non-hydrogen) atoms. The maximum absolute atomic E-state index is 11.5. The second-order valence-corrected chi connectivity index (χ2v) is 7.51. The molecule has 2 unspecified atom stereocenters. The summed E-state index contributed by atoms with van der Waals surface area (Å²) in [4.78, 5) is 31.7. The SMILES string of the molecule is COC(=O)/C=C(\OC)C(C)C(/C=C/c1csc(-c2csc(C(C)=O)n2)n1)OC. The van der Waals surface area contributed by atoms with Crippen LogP contribution in [0, 0.1) is 5.92 Å².